The molecule has 2 N–H and O–H groups in total. The Bertz CT molecular complexity index is 1400. The minimum Gasteiger partial charge on any atom is -0.378 e. The van der Waals surface area contributed by atoms with Crippen LogP contribution in [0.4, 0.5) is 16.0 Å². The first-order valence-electron chi connectivity index (χ1n) is 9.84. The lowest BCUT2D eigenvalue weighted by Crippen LogP contribution is -2.29. The van der Waals surface area contributed by atoms with E-state index in [2.05, 4.69) is 20.5 Å². The number of fused-ring (bicyclic) bond motifs is 1. The van der Waals surface area contributed by atoms with E-state index in [0.717, 1.165) is 16.8 Å². The summed E-state index contributed by atoms with van der Waals surface area (Å²) in [6, 6.07) is 13.7. The van der Waals surface area contributed by atoms with Crippen molar-refractivity contribution in [1.29, 1.82) is 0 Å². The van der Waals surface area contributed by atoms with Crippen molar-refractivity contribution in [2.24, 2.45) is 12.1 Å². The zero-order chi connectivity index (χ0) is 22.8. The third-order valence-corrected chi connectivity index (χ3v) is 5.05. The van der Waals surface area contributed by atoms with E-state index < -0.39 is 11.2 Å². The Hall–Kier alpha value is -4.21. The predicted molar refractivity (Wildman–Crippen MR) is 123 cm³/mol. The molecule has 2 aromatic carbocycles. The highest BCUT2D eigenvalue weighted by Gasteiger charge is 2.17. The van der Waals surface area contributed by atoms with E-state index in [1.54, 1.807) is 22.9 Å². The lowest BCUT2D eigenvalue weighted by molar-refractivity contribution is 0.626. The van der Waals surface area contributed by atoms with Crippen LogP contribution in [0.15, 0.2) is 63.2 Å². The van der Waals surface area contributed by atoms with Crippen LogP contribution in [-0.4, -0.2) is 39.4 Å². The Labute approximate surface area is 182 Å². The number of imidazole rings is 1. The largest absolute Gasteiger partial charge is 0.378 e. The van der Waals surface area contributed by atoms with Gasteiger partial charge in [0.1, 0.15) is 5.82 Å². The Kier molecular flexibility index (Phi) is 5.59. The average Bonchev–Trinajstić information content (AvgIpc) is 3.13. The molecule has 0 saturated heterocycles. The fraction of sp³-hybridized carbons (Fsp3) is 0.182. The van der Waals surface area contributed by atoms with Crippen molar-refractivity contribution in [2.75, 3.05) is 24.4 Å². The number of aryl methyl sites for hydroxylation is 1. The molecule has 0 aliphatic rings. The highest BCUT2D eigenvalue weighted by Crippen LogP contribution is 2.18. The van der Waals surface area contributed by atoms with Gasteiger partial charge in [-0.1, -0.05) is 24.3 Å². The maximum Gasteiger partial charge on any atom is 0.329 e. The molecule has 2 heterocycles. The number of H-pyrrole nitrogens is 1. The first-order chi connectivity index (χ1) is 15.3. The SMILES string of the molecule is CN(C)c1ccc(C=NNc2nc3c(c(=O)[nH]c(=O)n3C)n2Cc2ccc(F)cc2)cc1. The van der Waals surface area contributed by atoms with Crippen molar-refractivity contribution in [3.05, 3.63) is 86.3 Å². The van der Waals surface area contributed by atoms with E-state index in [9.17, 15) is 14.0 Å². The summed E-state index contributed by atoms with van der Waals surface area (Å²) in [5.41, 5.74) is 4.86. The van der Waals surface area contributed by atoms with Gasteiger partial charge in [-0.3, -0.25) is 18.9 Å². The van der Waals surface area contributed by atoms with Crippen molar-refractivity contribution in [3.8, 4) is 0 Å². The first-order valence-corrected chi connectivity index (χ1v) is 9.84. The number of rotatable bonds is 6. The Morgan fingerprint density at radius 2 is 1.81 bits per heavy atom. The molecule has 0 bridgehead atoms. The van der Waals surface area contributed by atoms with Gasteiger partial charge in [0.25, 0.3) is 5.56 Å². The first kappa shape index (κ1) is 21.0. The van der Waals surface area contributed by atoms with Gasteiger partial charge in [0.2, 0.25) is 5.95 Å². The van der Waals surface area contributed by atoms with E-state index in [1.807, 2.05) is 43.3 Å². The monoisotopic (exact) mass is 435 g/mol. The third-order valence-electron chi connectivity index (χ3n) is 5.05. The third kappa shape index (κ3) is 4.15. The summed E-state index contributed by atoms with van der Waals surface area (Å²) >= 11 is 0. The zero-order valence-electron chi connectivity index (χ0n) is 17.8. The minimum absolute atomic E-state index is 0.212. The predicted octanol–water partition coefficient (Wildman–Crippen LogP) is 2.12. The molecule has 2 aromatic heterocycles. The van der Waals surface area contributed by atoms with E-state index in [1.165, 1.54) is 23.7 Å². The second kappa shape index (κ2) is 8.50. The standard InChI is InChI=1S/C22H22FN7O2/c1-28(2)17-10-6-14(7-11-17)12-24-27-21-25-19-18(20(31)26-22(32)29(19)3)30(21)13-15-4-8-16(23)9-5-15/h4-12H,13H2,1-3H3,(H,25,27)(H,26,31,32). The molecule has 4 aromatic rings. The van der Waals surface area contributed by atoms with Crippen molar-refractivity contribution in [2.45, 2.75) is 6.54 Å². The number of hydrazone groups is 1. The van der Waals surface area contributed by atoms with Crippen LogP contribution in [-0.2, 0) is 13.6 Å². The van der Waals surface area contributed by atoms with Crippen LogP contribution in [0.2, 0.25) is 0 Å². The fourth-order valence-electron chi connectivity index (χ4n) is 3.27. The van der Waals surface area contributed by atoms with Crippen LogP contribution in [0.5, 0.6) is 0 Å². The number of aromatic nitrogens is 4. The van der Waals surface area contributed by atoms with Crippen molar-refractivity contribution >= 4 is 29.0 Å². The molecule has 10 heteroatoms. The van der Waals surface area contributed by atoms with Gasteiger partial charge in [-0.15, -0.1) is 0 Å². The van der Waals surface area contributed by atoms with Crippen LogP contribution in [0.25, 0.3) is 11.2 Å². The smallest absolute Gasteiger partial charge is 0.329 e. The van der Waals surface area contributed by atoms with Gasteiger partial charge in [0.05, 0.1) is 12.8 Å². The van der Waals surface area contributed by atoms with Crippen LogP contribution in [0.3, 0.4) is 0 Å². The maximum absolute atomic E-state index is 13.3. The fourth-order valence-corrected chi connectivity index (χ4v) is 3.27. The van der Waals surface area contributed by atoms with Gasteiger partial charge in [-0.05, 0) is 35.4 Å². The molecule has 4 rings (SSSR count). The molecule has 0 atom stereocenters. The number of nitrogens with zero attached hydrogens (tertiary/aromatic N) is 5. The van der Waals surface area contributed by atoms with E-state index in [0.29, 0.717) is 0 Å². The Morgan fingerprint density at radius 1 is 1.12 bits per heavy atom. The molecule has 0 radical (unpaired) electrons. The number of aromatic amines is 1. The van der Waals surface area contributed by atoms with Crippen LogP contribution < -0.4 is 21.6 Å². The normalized spacial score (nSPS) is 11.4. The van der Waals surface area contributed by atoms with Gasteiger partial charge in [-0.2, -0.15) is 10.1 Å². The number of nitrogens with one attached hydrogen (secondary N) is 2. The summed E-state index contributed by atoms with van der Waals surface area (Å²) in [6.07, 6.45) is 1.63. The molecule has 0 saturated carbocycles. The summed E-state index contributed by atoms with van der Waals surface area (Å²) in [4.78, 5) is 33.3. The van der Waals surface area contributed by atoms with Gasteiger partial charge < -0.3 is 4.90 Å². The van der Waals surface area contributed by atoms with Crippen LogP contribution in [0.1, 0.15) is 11.1 Å². The number of benzene rings is 2. The zero-order valence-corrected chi connectivity index (χ0v) is 17.8. The topological polar surface area (TPSA) is 100 Å². The molecular weight excluding hydrogens is 413 g/mol. The highest BCUT2D eigenvalue weighted by molar-refractivity contribution is 5.81. The van der Waals surface area contributed by atoms with Crippen LogP contribution >= 0.6 is 0 Å². The minimum atomic E-state index is -0.565. The molecule has 0 aliphatic heterocycles. The Balaban J connectivity index is 1.71. The van der Waals surface area contributed by atoms with E-state index >= 15 is 0 Å². The average molecular weight is 435 g/mol. The summed E-state index contributed by atoms with van der Waals surface area (Å²) in [7, 11) is 5.45. The number of halogens is 1. The molecule has 0 amide bonds. The second-order valence-corrected chi connectivity index (χ2v) is 7.49. The molecule has 0 aliphatic carbocycles. The number of hydrogen-bond acceptors (Lipinski definition) is 6. The van der Waals surface area contributed by atoms with E-state index in [4.69, 9.17) is 0 Å². The lowest BCUT2D eigenvalue weighted by Gasteiger charge is -2.11. The lowest BCUT2D eigenvalue weighted by atomic mass is 10.2. The van der Waals surface area contributed by atoms with E-state index in [-0.39, 0.29) is 29.5 Å². The van der Waals surface area contributed by atoms with Gasteiger partial charge in [-0.25, -0.2) is 14.6 Å². The molecule has 0 fully saturated rings. The molecule has 32 heavy (non-hydrogen) atoms. The van der Waals surface area contributed by atoms with Gasteiger partial charge in [0.15, 0.2) is 11.2 Å². The summed E-state index contributed by atoms with van der Waals surface area (Å²) in [5.74, 6) is -0.0788. The Morgan fingerprint density at radius 3 is 2.47 bits per heavy atom. The number of hydrogen-bond donors (Lipinski definition) is 2. The number of anilines is 2. The van der Waals surface area contributed by atoms with Crippen LogP contribution in [0, 0.1) is 5.82 Å². The summed E-state index contributed by atoms with van der Waals surface area (Å²) in [5, 5.41) is 4.25. The van der Waals surface area contributed by atoms with Crippen molar-refractivity contribution in [3.63, 3.8) is 0 Å². The summed E-state index contributed by atoms with van der Waals surface area (Å²) in [6.45, 7) is 0.230. The maximum atomic E-state index is 13.3. The highest BCUT2D eigenvalue weighted by atomic mass is 19.1. The summed E-state index contributed by atoms with van der Waals surface area (Å²) < 4.78 is 16.2. The molecule has 0 spiro atoms. The molecule has 0 unspecified atom stereocenters. The van der Waals surface area contributed by atoms with Gasteiger partial charge in [0, 0.05) is 26.8 Å². The molecule has 9 nitrogen and oxygen atoms in total. The van der Waals surface area contributed by atoms with Crippen molar-refractivity contribution in [1.82, 2.24) is 19.1 Å². The second-order valence-electron chi connectivity index (χ2n) is 7.49. The molecule has 164 valence electrons. The van der Waals surface area contributed by atoms with Gasteiger partial charge >= 0.3 is 5.69 Å². The molecular formula is C22H22FN7O2. The quantitative estimate of drug-likeness (QED) is 0.357. The van der Waals surface area contributed by atoms with Crippen molar-refractivity contribution < 1.29 is 4.39 Å².